The number of benzene rings is 1. The van der Waals surface area contributed by atoms with Gasteiger partial charge in [-0.2, -0.15) is 0 Å². The highest BCUT2D eigenvalue weighted by atomic mass is 79.9. The number of hydrogen-bond donors (Lipinski definition) is 2. The van der Waals surface area contributed by atoms with Crippen LogP contribution in [0.25, 0.3) is 0 Å². The maximum Gasteiger partial charge on any atom is 0.412 e. The summed E-state index contributed by atoms with van der Waals surface area (Å²) in [6, 6.07) is 7.70. The lowest BCUT2D eigenvalue weighted by molar-refractivity contribution is 0.0635. The summed E-state index contributed by atoms with van der Waals surface area (Å²) in [4.78, 5) is 28.3. The van der Waals surface area contributed by atoms with Crippen LogP contribution in [0.2, 0.25) is 0 Å². The first-order valence-electron chi connectivity index (χ1n) is 7.86. The minimum absolute atomic E-state index is 0.254. The number of hydrogen-bond acceptors (Lipinski definition) is 5. The number of nitrogens with one attached hydrogen (secondary N) is 2. The molecule has 0 spiro atoms. The molecular formula is C18H20BrN3O4S. The van der Waals surface area contributed by atoms with Crippen LogP contribution < -0.4 is 10.0 Å². The van der Waals surface area contributed by atoms with Gasteiger partial charge in [0.1, 0.15) is 5.60 Å². The van der Waals surface area contributed by atoms with Crippen LogP contribution in [-0.4, -0.2) is 32.7 Å². The maximum atomic E-state index is 12.8. The van der Waals surface area contributed by atoms with Crippen LogP contribution in [-0.2, 0) is 14.4 Å². The first-order valence-corrected chi connectivity index (χ1v) is 10.4. The van der Waals surface area contributed by atoms with Crippen molar-refractivity contribution in [1.82, 2.24) is 9.71 Å². The number of rotatable bonds is 4. The third-order valence-corrected chi connectivity index (χ3v) is 5.09. The van der Waals surface area contributed by atoms with E-state index in [0.29, 0.717) is 15.1 Å². The first kappa shape index (κ1) is 20.9. The van der Waals surface area contributed by atoms with E-state index < -0.39 is 27.3 Å². The van der Waals surface area contributed by atoms with Crippen molar-refractivity contribution < 1.29 is 18.5 Å². The lowest BCUT2D eigenvalue weighted by Gasteiger charge is -2.19. The van der Waals surface area contributed by atoms with Crippen molar-refractivity contribution in [2.45, 2.75) is 31.3 Å². The minimum atomic E-state index is -3.08. The molecule has 27 heavy (non-hydrogen) atoms. The van der Waals surface area contributed by atoms with Crippen LogP contribution in [0.1, 0.15) is 31.1 Å². The molecule has 1 aromatic carbocycles. The van der Waals surface area contributed by atoms with E-state index >= 15 is 0 Å². The monoisotopic (exact) mass is 453 g/mol. The second-order valence-corrected chi connectivity index (χ2v) is 9.59. The van der Waals surface area contributed by atoms with E-state index in [4.69, 9.17) is 4.74 Å². The van der Waals surface area contributed by atoms with Gasteiger partial charge < -0.3 is 4.74 Å². The molecule has 0 aliphatic carbocycles. The Hall–Kier alpha value is -2.39. The molecule has 0 bridgehead atoms. The van der Waals surface area contributed by atoms with Crippen molar-refractivity contribution in [2.24, 2.45) is 0 Å². The molecule has 0 saturated heterocycles. The Kier molecular flexibility index (Phi) is 6.27. The Balaban J connectivity index is 2.08. The standard InChI is InChI=1S/C18H20BrN3O4S/c1-18(2,3)26-17(24)21-14-5-7-15(8-6-14)27(4,25)22-16(23)12-9-13(19)11-20-10-12/h5-11H,4H2,1-3H3,(H,21,24)(H,22,23,25). The lowest BCUT2D eigenvalue weighted by atomic mass is 10.2. The van der Waals surface area contributed by atoms with Crippen LogP contribution in [0.3, 0.4) is 0 Å². The van der Waals surface area contributed by atoms with Crippen LogP contribution in [0.5, 0.6) is 0 Å². The number of carbonyl (C=O) groups excluding carboxylic acids is 2. The summed E-state index contributed by atoms with van der Waals surface area (Å²) in [5, 5.41) is 2.57. The minimum Gasteiger partial charge on any atom is -0.444 e. The van der Waals surface area contributed by atoms with Gasteiger partial charge in [0.25, 0.3) is 5.91 Å². The van der Waals surface area contributed by atoms with Gasteiger partial charge in [0, 0.05) is 27.4 Å². The highest BCUT2D eigenvalue weighted by molar-refractivity contribution is 9.10. The number of aromatic nitrogens is 1. The first-order chi connectivity index (χ1) is 12.5. The number of ether oxygens (including phenoxy) is 1. The average molecular weight is 454 g/mol. The van der Waals surface area contributed by atoms with Gasteiger partial charge in [-0.3, -0.25) is 19.8 Å². The van der Waals surface area contributed by atoms with Gasteiger partial charge in [-0.05, 0) is 72.9 Å². The van der Waals surface area contributed by atoms with Gasteiger partial charge in [0.15, 0.2) is 0 Å². The van der Waals surface area contributed by atoms with Gasteiger partial charge in [0.05, 0.1) is 15.3 Å². The summed E-state index contributed by atoms with van der Waals surface area (Å²) >= 11 is 3.23. The predicted molar refractivity (Wildman–Crippen MR) is 109 cm³/mol. The van der Waals surface area contributed by atoms with E-state index in [1.165, 1.54) is 24.5 Å². The zero-order valence-electron chi connectivity index (χ0n) is 15.1. The molecule has 2 rings (SSSR count). The molecule has 144 valence electrons. The fourth-order valence-corrected chi connectivity index (χ4v) is 3.46. The van der Waals surface area contributed by atoms with Crippen molar-refractivity contribution in [3.63, 3.8) is 0 Å². The SMILES string of the molecule is C=S(=O)(NC(=O)c1cncc(Br)c1)c1ccc(NC(=O)OC(C)(C)C)cc1. The number of amides is 2. The molecule has 0 aliphatic rings. The zero-order valence-corrected chi connectivity index (χ0v) is 17.5. The Labute approximate surface area is 166 Å². The third-order valence-electron chi connectivity index (χ3n) is 3.10. The molecule has 0 radical (unpaired) electrons. The molecule has 0 aliphatic heterocycles. The topological polar surface area (TPSA) is 97.4 Å². The molecule has 1 aromatic heterocycles. The summed E-state index contributed by atoms with van der Waals surface area (Å²) in [7, 11) is -3.08. The van der Waals surface area contributed by atoms with Crippen molar-refractivity contribution in [3.05, 3.63) is 52.8 Å². The quantitative estimate of drug-likeness (QED) is 0.688. The van der Waals surface area contributed by atoms with Crippen LogP contribution in [0.4, 0.5) is 10.5 Å². The summed E-state index contributed by atoms with van der Waals surface area (Å²) < 4.78 is 21.0. The van der Waals surface area contributed by atoms with Gasteiger partial charge >= 0.3 is 6.09 Å². The molecule has 0 saturated carbocycles. The predicted octanol–water partition coefficient (Wildman–Crippen LogP) is 3.61. The van der Waals surface area contributed by atoms with Gasteiger partial charge in [0.2, 0.25) is 0 Å². The molecular weight excluding hydrogens is 434 g/mol. The third kappa shape index (κ3) is 6.37. The lowest BCUT2D eigenvalue weighted by Crippen LogP contribution is -2.30. The van der Waals surface area contributed by atoms with Crippen molar-refractivity contribution in [1.29, 1.82) is 0 Å². The Morgan fingerprint density at radius 3 is 2.37 bits per heavy atom. The van der Waals surface area contributed by atoms with Gasteiger partial charge in [-0.1, -0.05) is 0 Å². The number of nitrogens with zero attached hydrogens (tertiary/aromatic N) is 1. The van der Waals surface area contributed by atoms with Crippen LogP contribution in [0.15, 0.2) is 52.1 Å². The summed E-state index contributed by atoms with van der Waals surface area (Å²) in [5.41, 5.74) is 0.103. The van der Waals surface area contributed by atoms with E-state index in [1.54, 1.807) is 39.0 Å². The summed E-state index contributed by atoms with van der Waals surface area (Å²) in [6.07, 6.45) is 2.30. The summed E-state index contributed by atoms with van der Waals surface area (Å²) in [5.74, 6) is 3.06. The van der Waals surface area contributed by atoms with Crippen molar-refractivity contribution in [3.8, 4) is 0 Å². The number of carbonyl (C=O) groups is 2. The van der Waals surface area contributed by atoms with E-state index in [1.807, 2.05) is 0 Å². The van der Waals surface area contributed by atoms with Gasteiger partial charge in [-0.25, -0.2) is 9.00 Å². The second-order valence-electron chi connectivity index (χ2n) is 6.65. The van der Waals surface area contributed by atoms with E-state index in [-0.39, 0.29) is 5.56 Å². The van der Waals surface area contributed by atoms with Crippen molar-refractivity contribution in [2.75, 3.05) is 5.32 Å². The fourth-order valence-electron chi connectivity index (χ4n) is 1.98. The van der Waals surface area contributed by atoms with E-state index in [9.17, 15) is 13.8 Å². The fraction of sp³-hybridized carbons (Fsp3) is 0.222. The van der Waals surface area contributed by atoms with E-state index in [0.717, 1.165) is 0 Å². The summed E-state index contributed by atoms with van der Waals surface area (Å²) in [6.45, 7) is 5.28. The molecule has 0 fully saturated rings. The molecule has 2 amide bonds. The average Bonchev–Trinajstić information content (AvgIpc) is 2.53. The molecule has 1 unspecified atom stereocenters. The largest absolute Gasteiger partial charge is 0.444 e. The second kappa shape index (κ2) is 8.10. The Morgan fingerprint density at radius 1 is 1.19 bits per heavy atom. The molecule has 1 atom stereocenters. The highest BCUT2D eigenvalue weighted by Gasteiger charge is 2.17. The number of pyridine rings is 1. The van der Waals surface area contributed by atoms with E-state index in [2.05, 4.69) is 36.8 Å². The smallest absolute Gasteiger partial charge is 0.412 e. The Bertz CT molecular complexity index is 951. The maximum absolute atomic E-state index is 12.8. The molecule has 2 aromatic rings. The Morgan fingerprint density at radius 2 is 1.81 bits per heavy atom. The number of anilines is 1. The molecule has 7 nitrogen and oxygen atoms in total. The number of halogens is 1. The van der Waals surface area contributed by atoms with Crippen LogP contribution in [0, 0.1) is 0 Å². The van der Waals surface area contributed by atoms with Crippen LogP contribution >= 0.6 is 15.9 Å². The molecule has 2 N–H and O–H groups in total. The van der Waals surface area contributed by atoms with Crippen molar-refractivity contribution >= 4 is 49.2 Å². The highest BCUT2D eigenvalue weighted by Crippen LogP contribution is 2.16. The zero-order chi connectivity index (χ0) is 20.2. The molecule has 1 heterocycles. The van der Waals surface area contributed by atoms with Gasteiger partial charge in [-0.15, -0.1) is 0 Å². The molecule has 9 heteroatoms. The normalized spacial score (nSPS) is 13.3.